The van der Waals surface area contributed by atoms with Gasteiger partial charge in [0.2, 0.25) is 0 Å². The van der Waals surface area contributed by atoms with Gasteiger partial charge < -0.3 is 10.1 Å². The highest BCUT2D eigenvalue weighted by Gasteiger charge is 2.34. The summed E-state index contributed by atoms with van der Waals surface area (Å²) in [5, 5.41) is 8.01. The van der Waals surface area contributed by atoms with Crippen molar-refractivity contribution < 1.29 is 4.74 Å². The molecule has 0 amide bonds. The third-order valence-corrected chi connectivity index (χ3v) is 4.25. The number of ether oxygens (including phenoxy) is 1. The van der Waals surface area contributed by atoms with Crippen LogP contribution in [0.1, 0.15) is 45.9 Å². The van der Waals surface area contributed by atoms with Crippen molar-refractivity contribution in [3.8, 4) is 0 Å². The van der Waals surface area contributed by atoms with E-state index >= 15 is 0 Å². The average molecular weight is 294 g/mol. The van der Waals surface area contributed by atoms with E-state index in [0.29, 0.717) is 5.92 Å². The Kier molecular flexibility index (Phi) is 6.18. The molecule has 0 bridgehead atoms. The molecular formula is C16H30N4O. The van der Waals surface area contributed by atoms with Gasteiger partial charge in [0.25, 0.3) is 0 Å². The van der Waals surface area contributed by atoms with Crippen LogP contribution in [-0.4, -0.2) is 41.1 Å². The molecule has 2 heterocycles. The van der Waals surface area contributed by atoms with E-state index in [0.717, 1.165) is 57.9 Å². The fourth-order valence-corrected chi connectivity index (χ4v) is 3.01. The maximum Gasteiger partial charge on any atom is 0.138 e. The lowest BCUT2D eigenvalue weighted by atomic mass is 9.77. The van der Waals surface area contributed by atoms with Gasteiger partial charge in [-0.15, -0.1) is 0 Å². The highest BCUT2D eigenvalue weighted by molar-refractivity contribution is 4.96. The van der Waals surface area contributed by atoms with E-state index < -0.39 is 0 Å². The van der Waals surface area contributed by atoms with Crippen molar-refractivity contribution in [2.24, 2.45) is 11.3 Å². The summed E-state index contributed by atoms with van der Waals surface area (Å²) in [5.41, 5.74) is 0.273. The van der Waals surface area contributed by atoms with Gasteiger partial charge in [-0.05, 0) is 37.1 Å². The van der Waals surface area contributed by atoms with Crippen LogP contribution in [0, 0.1) is 11.3 Å². The van der Waals surface area contributed by atoms with Gasteiger partial charge >= 0.3 is 0 Å². The molecule has 5 heteroatoms. The minimum atomic E-state index is 0.273. The molecule has 1 N–H and O–H groups in total. The predicted molar refractivity (Wildman–Crippen MR) is 84.2 cm³/mol. The molecule has 0 unspecified atom stereocenters. The van der Waals surface area contributed by atoms with Gasteiger partial charge in [-0.25, -0.2) is 9.67 Å². The van der Waals surface area contributed by atoms with Crippen molar-refractivity contribution in [1.29, 1.82) is 0 Å². The van der Waals surface area contributed by atoms with Crippen molar-refractivity contribution >= 4 is 0 Å². The van der Waals surface area contributed by atoms with Crippen LogP contribution in [0.15, 0.2) is 6.33 Å². The van der Waals surface area contributed by atoms with Gasteiger partial charge in [-0.1, -0.05) is 20.8 Å². The molecule has 1 fully saturated rings. The monoisotopic (exact) mass is 294 g/mol. The minimum Gasteiger partial charge on any atom is -0.381 e. The number of rotatable bonds is 8. The van der Waals surface area contributed by atoms with Gasteiger partial charge in [-0.2, -0.15) is 5.10 Å². The summed E-state index contributed by atoms with van der Waals surface area (Å²) < 4.78 is 7.66. The number of nitrogens with one attached hydrogen (secondary N) is 1. The SMILES string of the molecule is CCCNCC1(Cc2ncnn2CC(C)C)CCOCC1. The van der Waals surface area contributed by atoms with Crippen molar-refractivity contribution in [2.45, 2.75) is 53.0 Å². The van der Waals surface area contributed by atoms with Gasteiger partial charge in [0, 0.05) is 32.7 Å². The van der Waals surface area contributed by atoms with E-state index in [-0.39, 0.29) is 5.41 Å². The van der Waals surface area contributed by atoms with Crippen LogP contribution in [-0.2, 0) is 17.7 Å². The van der Waals surface area contributed by atoms with Gasteiger partial charge in [-0.3, -0.25) is 0 Å². The fraction of sp³-hybridized carbons (Fsp3) is 0.875. The van der Waals surface area contributed by atoms with Crippen LogP contribution in [0.5, 0.6) is 0 Å². The summed E-state index contributed by atoms with van der Waals surface area (Å²) >= 11 is 0. The highest BCUT2D eigenvalue weighted by atomic mass is 16.5. The molecule has 1 aliphatic heterocycles. The second kappa shape index (κ2) is 7.90. The first kappa shape index (κ1) is 16.4. The summed E-state index contributed by atoms with van der Waals surface area (Å²) in [6, 6.07) is 0. The quantitative estimate of drug-likeness (QED) is 0.747. The first-order valence-electron chi connectivity index (χ1n) is 8.30. The summed E-state index contributed by atoms with van der Waals surface area (Å²) in [4.78, 5) is 4.52. The molecule has 2 rings (SSSR count). The average Bonchev–Trinajstić information content (AvgIpc) is 2.86. The van der Waals surface area contributed by atoms with Crippen molar-refractivity contribution in [3.05, 3.63) is 12.2 Å². The molecule has 21 heavy (non-hydrogen) atoms. The largest absolute Gasteiger partial charge is 0.381 e. The fourth-order valence-electron chi connectivity index (χ4n) is 3.01. The predicted octanol–water partition coefficient (Wildman–Crippen LogP) is 2.27. The van der Waals surface area contributed by atoms with E-state index in [1.807, 2.05) is 0 Å². The van der Waals surface area contributed by atoms with Gasteiger partial charge in [0.1, 0.15) is 12.2 Å². The first-order chi connectivity index (χ1) is 10.2. The Morgan fingerprint density at radius 1 is 1.38 bits per heavy atom. The molecular weight excluding hydrogens is 264 g/mol. The number of hydrogen-bond donors (Lipinski definition) is 1. The Labute approximate surface area is 128 Å². The zero-order valence-electron chi connectivity index (χ0n) is 13.8. The molecule has 0 spiro atoms. The lowest BCUT2D eigenvalue weighted by Crippen LogP contribution is -2.41. The van der Waals surface area contributed by atoms with Crippen molar-refractivity contribution in [3.63, 3.8) is 0 Å². The summed E-state index contributed by atoms with van der Waals surface area (Å²) in [5.74, 6) is 1.72. The van der Waals surface area contributed by atoms with Crippen molar-refractivity contribution in [2.75, 3.05) is 26.3 Å². The molecule has 120 valence electrons. The molecule has 0 radical (unpaired) electrons. The van der Waals surface area contributed by atoms with Crippen molar-refractivity contribution in [1.82, 2.24) is 20.1 Å². The summed E-state index contributed by atoms with van der Waals surface area (Å²) in [6.07, 6.45) is 6.09. The molecule has 1 saturated heterocycles. The Morgan fingerprint density at radius 2 is 2.14 bits per heavy atom. The van der Waals surface area contributed by atoms with E-state index in [1.54, 1.807) is 6.33 Å². The van der Waals surface area contributed by atoms with Crippen LogP contribution < -0.4 is 5.32 Å². The first-order valence-corrected chi connectivity index (χ1v) is 8.30. The minimum absolute atomic E-state index is 0.273. The lowest BCUT2D eigenvalue weighted by molar-refractivity contribution is 0.0135. The smallest absolute Gasteiger partial charge is 0.138 e. The Hall–Kier alpha value is -0.940. The summed E-state index contributed by atoms with van der Waals surface area (Å²) in [6.45, 7) is 11.5. The lowest BCUT2D eigenvalue weighted by Gasteiger charge is -2.37. The Morgan fingerprint density at radius 3 is 2.81 bits per heavy atom. The number of hydrogen-bond acceptors (Lipinski definition) is 4. The summed E-state index contributed by atoms with van der Waals surface area (Å²) in [7, 11) is 0. The van der Waals surface area contributed by atoms with E-state index in [1.165, 1.54) is 6.42 Å². The number of nitrogens with zero attached hydrogens (tertiary/aromatic N) is 3. The maximum atomic E-state index is 5.57. The third kappa shape index (κ3) is 4.78. The zero-order chi connectivity index (χ0) is 15.1. The standard InChI is InChI=1S/C16H30N4O/c1-4-7-17-12-16(5-8-21-9-6-16)10-15-18-13-19-20(15)11-14(2)3/h13-14,17H,4-12H2,1-3H3. The molecule has 1 aliphatic rings. The Balaban J connectivity index is 2.05. The normalized spacial score (nSPS) is 18.3. The molecule has 0 aromatic carbocycles. The molecule has 5 nitrogen and oxygen atoms in total. The van der Waals surface area contributed by atoms with Gasteiger partial charge in [0.05, 0.1) is 0 Å². The zero-order valence-corrected chi connectivity index (χ0v) is 13.8. The highest BCUT2D eigenvalue weighted by Crippen LogP contribution is 2.33. The second-order valence-electron chi connectivity index (χ2n) is 6.72. The van der Waals surface area contributed by atoms with Crippen LogP contribution in [0.2, 0.25) is 0 Å². The van der Waals surface area contributed by atoms with Crippen LogP contribution in [0.3, 0.4) is 0 Å². The molecule has 1 aromatic rings. The molecule has 1 aromatic heterocycles. The van der Waals surface area contributed by atoms with E-state index in [9.17, 15) is 0 Å². The molecule has 0 saturated carbocycles. The Bertz CT molecular complexity index is 410. The molecule has 0 aliphatic carbocycles. The van der Waals surface area contributed by atoms with Crippen LogP contribution in [0.4, 0.5) is 0 Å². The maximum absolute atomic E-state index is 5.57. The number of aromatic nitrogens is 3. The van der Waals surface area contributed by atoms with Crippen LogP contribution in [0.25, 0.3) is 0 Å². The molecule has 0 atom stereocenters. The van der Waals surface area contributed by atoms with Crippen LogP contribution >= 0.6 is 0 Å². The topological polar surface area (TPSA) is 52.0 Å². The third-order valence-electron chi connectivity index (χ3n) is 4.25. The van der Waals surface area contributed by atoms with E-state index in [2.05, 4.69) is 40.9 Å². The second-order valence-corrected chi connectivity index (χ2v) is 6.72. The van der Waals surface area contributed by atoms with Gasteiger partial charge in [0.15, 0.2) is 0 Å². The van der Waals surface area contributed by atoms with E-state index in [4.69, 9.17) is 4.74 Å².